The van der Waals surface area contributed by atoms with Crippen molar-refractivity contribution >= 4 is 65.1 Å². The molecule has 3 heteroatoms. The van der Waals surface area contributed by atoms with Gasteiger partial charge in [0.1, 0.15) is 0 Å². The van der Waals surface area contributed by atoms with Crippen LogP contribution in [-0.2, 0) is 0 Å². The molecule has 0 radical (unpaired) electrons. The molecule has 0 saturated carbocycles. The van der Waals surface area contributed by atoms with Crippen LogP contribution >= 0.6 is 0 Å². The first-order valence-electron chi connectivity index (χ1n) is 18.0. The molecule has 11 rings (SSSR count). The predicted molar refractivity (Wildman–Crippen MR) is 221 cm³/mol. The van der Waals surface area contributed by atoms with E-state index in [2.05, 4.69) is 174 Å². The maximum absolute atomic E-state index is 6.02. The predicted octanol–water partition coefficient (Wildman–Crippen LogP) is 13.7. The summed E-state index contributed by atoms with van der Waals surface area (Å²) in [4.78, 5) is 8.96. The second-order valence-corrected chi connectivity index (χ2v) is 13.7. The van der Waals surface area contributed by atoms with Gasteiger partial charge in [-0.3, -0.25) is 0 Å². The zero-order valence-corrected chi connectivity index (χ0v) is 28.6. The molecule has 2 heterocycles. The van der Waals surface area contributed by atoms with E-state index < -0.39 is 0 Å². The van der Waals surface area contributed by atoms with Crippen LogP contribution in [0.3, 0.4) is 0 Å². The molecule has 0 aliphatic heterocycles. The third-order valence-electron chi connectivity index (χ3n) is 10.8. The zero-order chi connectivity index (χ0) is 34.9. The first kappa shape index (κ1) is 29.6. The molecule has 2 aromatic heterocycles. The lowest BCUT2D eigenvalue weighted by Gasteiger charge is -2.18. The van der Waals surface area contributed by atoms with Gasteiger partial charge in [-0.25, -0.2) is 4.98 Å². The van der Waals surface area contributed by atoms with Crippen molar-refractivity contribution in [1.82, 2.24) is 9.97 Å². The molecule has 246 valence electrons. The second-order valence-electron chi connectivity index (χ2n) is 13.7. The molecule has 0 bridgehead atoms. The molecule has 3 nitrogen and oxygen atoms in total. The van der Waals surface area contributed by atoms with Gasteiger partial charge in [0.15, 0.2) is 11.2 Å². The largest absolute Gasteiger partial charge is 0.434 e. The maximum Gasteiger partial charge on any atom is 0.228 e. The minimum absolute atomic E-state index is 0.572. The van der Waals surface area contributed by atoms with E-state index in [0.717, 1.165) is 16.7 Å². The summed E-state index contributed by atoms with van der Waals surface area (Å²) >= 11 is 0. The van der Waals surface area contributed by atoms with E-state index in [1.54, 1.807) is 6.20 Å². The summed E-state index contributed by atoms with van der Waals surface area (Å²) < 4.78 is 6.02. The highest BCUT2D eigenvalue weighted by atomic mass is 16.3. The topological polar surface area (TPSA) is 38.9 Å². The second kappa shape index (κ2) is 11.7. The number of pyridine rings is 1. The van der Waals surface area contributed by atoms with E-state index in [0.29, 0.717) is 17.1 Å². The number of benzene rings is 9. The molecule has 0 fully saturated rings. The molecule has 0 amide bonds. The molecule has 53 heavy (non-hydrogen) atoms. The minimum atomic E-state index is 0.572. The van der Waals surface area contributed by atoms with Gasteiger partial charge in [-0.15, -0.1) is 0 Å². The van der Waals surface area contributed by atoms with Crippen LogP contribution in [0.1, 0.15) is 0 Å². The molecule has 11 aromatic rings. The first-order chi connectivity index (χ1) is 26.3. The van der Waals surface area contributed by atoms with Crippen molar-refractivity contribution in [2.45, 2.75) is 0 Å². The summed E-state index contributed by atoms with van der Waals surface area (Å²) in [6.07, 6.45) is 1.74. The smallest absolute Gasteiger partial charge is 0.228 e. The lowest BCUT2D eigenvalue weighted by atomic mass is 9.85. The van der Waals surface area contributed by atoms with Crippen LogP contribution in [0, 0.1) is 0 Å². The van der Waals surface area contributed by atoms with Crippen LogP contribution in [0.5, 0.6) is 0 Å². The average molecular weight is 675 g/mol. The SMILES string of the molecule is c1ccc2c(-c3cc4c5ccc(-c6ccc(-c7nc8ncccc8o7)cc6)cc5c(-c5cccc6ccccc56)cc4c4ccccc34)cccc2c1. The Labute approximate surface area is 305 Å². The number of hydrogen-bond acceptors (Lipinski definition) is 3. The third kappa shape index (κ3) is 4.75. The summed E-state index contributed by atoms with van der Waals surface area (Å²) in [6, 6.07) is 63.6. The van der Waals surface area contributed by atoms with Gasteiger partial charge >= 0.3 is 0 Å². The van der Waals surface area contributed by atoms with E-state index in [-0.39, 0.29) is 0 Å². The Kier molecular flexibility index (Phi) is 6.55. The van der Waals surface area contributed by atoms with E-state index >= 15 is 0 Å². The van der Waals surface area contributed by atoms with Crippen LogP contribution in [0.2, 0.25) is 0 Å². The van der Waals surface area contributed by atoms with Gasteiger partial charge in [0.2, 0.25) is 5.89 Å². The Balaban J connectivity index is 1.17. The van der Waals surface area contributed by atoms with E-state index in [4.69, 9.17) is 4.42 Å². The summed E-state index contributed by atoms with van der Waals surface area (Å²) in [5, 5.41) is 12.4. The number of hydrogen-bond donors (Lipinski definition) is 0. The summed E-state index contributed by atoms with van der Waals surface area (Å²) in [5.41, 5.74) is 9.46. The van der Waals surface area contributed by atoms with Crippen LogP contribution in [-0.4, -0.2) is 9.97 Å². The number of nitrogens with zero attached hydrogens (tertiary/aromatic N) is 2. The number of fused-ring (bicyclic) bond motifs is 8. The fourth-order valence-corrected chi connectivity index (χ4v) is 8.24. The number of rotatable bonds is 4. The maximum atomic E-state index is 6.02. The van der Waals surface area contributed by atoms with Crippen LogP contribution < -0.4 is 0 Å². The van der Waals surface area contributed by atoms with Crippen molar-refractivity contribution in [1.29, 1.82) is 0 Å². The monoisotopic (exact) mass is 674 g/mol. The van der Waals surface area contributed by atoms with Gasteiger partial charge in [-0.2, -0.15) is 4.98 Å². The number of aromatic nitrogens is 2. The minimum Gasteiger partial charge on any atom is -0.434 e. The Morgan fingerprint density at radius 3 is 1.57 bits per heavy atom. The summed E-state index contributed by atoms with van der Waals surface area (Å²) in [6.45, 7) is 0. The highest BCUT2D eigenvalue weighted by molar-refractivity contribution is 6.25. The molecule has 0 atom stereocenters. The average Bonchev–Trinajstić information content (AvgIpc) is 3.67. The van der Waals surface area contributed by atoms with Gasteiger partial charge in [0.25, 0.3) is 0 Å². The molecule has 0 N–H and O–H groups in total. The highest BCUT2D eigenvalue weighted by Gasteiger charge is 2.18. The van der Waals surface area contributed by atoms with Crippen molar-refractivity contribution in [2.24, 2.45) is 0 Å². The Hall–Kier alpha value is -7.10. The van der Waals surface area contributed by atoms with Crippen LogP contribution in [0.15, 0.2) is 187 Å². The van der Waals surface area contributed by atoms with Gasteiger partial charge in [-0.05, 0) is 130 Å². The van der Waals surface area contributed by atoms with Gasteiger partial charge < -0.3 is 4.42 Å². The van der Waals surface area contributed by atoms with E-state index in [1.165, 1.54) is 76.1 Å². The lowest BCUT2D eigenvalue weighted by molar-refractivity contribution is 0.619. The number of oxazole rings is 1. The first-order valence-corrected chi connectivity index (χ1v) is 18.0. The van der Waals surface area contributed by atoms with E-state index in [1.807, 2.05) is 12.1 Å². The van der Waals surface area contributed by atoms with Crippen molar-refractivity contribution in [2.75, 3.05) is 0 Å². The molecular weight excluding hydrogens is 645 g/mol. The summed E-state index contributed by atoms with van der Waals surface area (Å²) in [7, 11) is 0. The fourth-order valence-electron chi connectivity index (χ4n) is 8.24. The Morgan fingerprint density at radius 1 is 0.340 bits per heavy atom. The lowest BCUT2D eigenvalue weighted by Crippen LogP contribution is -1.91. The van der Waals surface area contributed by atoms with Gasteiger partial charge in [0.05, 0.1) is 0 Å². The molecule has 0 aliphatic rings. The normalized spacial score (nSPS) is 11.8. The van der Waals surface area contributed by atoms with E-state index in [9.17, 15) is 0 Å². The molecule has 0 saturated heterocycles. The molecule has 0 spiro atoms. The van der Waals surface area contributed by atoms with Crippen molar-refractivity contribution in [3.63, 3.8) is 0 Å². The van der Waals surface area contributed by atoms with Crippen molar-refractivity contribution in [3.05, 3.63) is 182 Å². The highest BCUT2D eigenvalue weighted by Crippen LogP contribution is 2.45. The van der Waals surface area contributed by atoms with Gasteiger partial charge in [0, 0.05) is 11.8 Å². The molecule has 0 aliphatic carbocycles. The van der Waals surface area contributed by atoms with Gasteiger partial charge in [-0.1, -0.05) is 133 Å². The molecule has 9 aromatic carbocycles. The molecular formula is C50H30N2O. The standard InChI is InChI=1S/C50H30N2O/c1-3-14-36-32(10-1)12-7-18-38(36)44-29-47-42-26-25-35(31-21-23-34(24-22-31)50-52-49-48(53-50)20-9-27-51-49)28-43(42)45(30-46(47)41-17-6-5-16-40(41)44)39-19-8-13-33-11-2-4-15-37(33)39/h1-30H. The van der Waals surface area contributed by atoms with Crippen LogP contribution in [0.25, 0.3) is 110 Å². The summed E-state index contributed by atoms with van der Waals surface area (Å²) in [5.74, 6) is 0.572. The van der Waals surface area contributed by atoms with Crippen LogP contribution in [0.4, 0.5) is 0 Å². The quantitative estimate of drug-likeness (QED) is 0.174. The fraction of sp³-hybridized carbons (Fsp3) is 0. The van der Waals surface area contributed by atoms with Crippen molar-refractivity contribution < 1.29 is 4.42 Å². The zero-order valence-electron chi connectivity index (χ0n) is 28.6. The Morgan fingerprint density at radius 2 is 0.887 bits per heavy atom. The van der Waals surface area contributed by atoms with Crippen molar-refractivity contribution in [3.8, 4) is 44.8 Å². The molecule has 0 unspecified atom stereocenters. The Bertz CT molecular complexity index is 3190. The third-order valence-corrected chi connectivity index (χ3v) is 10.8.